The van der Waals surface area contributed by atoms with Crippen molar-refractivity contribution in [3.8, 4) is 5.75 Å². The van der Waals surface area contributed by atoms with E-state index in [1.165, 1.54) is 16.8 Å². The molecule has 1 heterocycles. The van der Waals surface area contributed by atoms with Crippen LogP contribution in [0.25, 0.3) is 0 Å². The van der Waals surface area contributed by atoms with Gasteiger partial charge in [0.25, 0.3) is 0 Å². The molecule has 0 saturated heterocycles. The third kappa shape index (κ3) is 3.20. The first-order chi connectivity index (χ1) is 9.49. The Labute approximate surface area is 120 Å². The van der Waals surface area contributed by atoms with Crippen LogP contribution in [-0.2, 0) is 13.5 Å². The third-order valence-electron chi connectivity index (χ3n) is 3.80. The SMILES string of the molecule is Cc1nn(C)c(C)c1C(C)NCCc1ccc(O)cc1. The van der Waals surface area contributed by atoms with Crippen molar-refractivity contribution >= 4 is 0 Å². The monoisotopic (exact) mass is 273 g/mol. The van der Waals surface area contributed by atoms with Crippen molar-refractivity contribution in [1.82, 2.24) is 15.1 Å². The first-order valence-electron chi connectivity index (χ1n) is 7.00. The first kappa shape index (κ1) is 14.6. The maximum absolute atomic E-state index is 9.26. The van der Waals surface area contributed by atoms with E-state index in [1.54, 1.807) is 12.1 Å². The van der Waals surface area contributed by atoms with E-state index in [9.17, 15) is 5.11 Å². The molecule has 108 valence electrons. The molecule has 1 aromatic heterocycles. The lowest BCUT2D eigenvalue weighted by atomic mass is 10.1. The van der Waals surface area contributed by atoms with Crippen molar-refractivity contribution in [3.63, 3.8) is 0 Å². The van der Waals surface area contributed by atoms with E-state index in [-0.39, 0.29) is 0 Å². The van der Waals surface area contributed by atoms with Gasteiger partial charge in [-0.25, -0.2) is 0 Å². The van der Waals surface area contributed by atoms with Gasteiger partial charge in [0.05, 0.1) is 5.69 Å². The van der Waals surface area contributed by atoms with E-state index in [2.05, 4.69) is 31.2 Å². The average molecular weight is 273 g/mol. The summed E-state index contributed by atoms with van der Waals surface area (Å²) in [7, 11) is 1.98. The Morgan fingerprint density at radius 1 is 1.25 bits per heavy atom. The van der Waals surface area contributed by atoms with E-state index in [0.29, 0.717) is 11.8 Å². The lowest BCUT2D eigenvalue weighted by Crippen LogP contribution is -2.22. The van der Waals surface area contributed by atoms with Gasteiger partial charge in [0.2, 0.25) is 0 Å². The zero-order valence-electron chi connectivity index (χ0n) is 12.6. The number of rotatable bonds is 5. The van der Waals surface area contributed by atoms with E-state index in [0.717, 1.165) is 18.7 Å². The molecular weight excluding hydrogens is 250 g/mol. The fourth-order valence-corrected chi connectivity index (χ4v) is 2.61. The summed E-state index contributed by atoms with van der Waals surface area (Å²) in [6.45, 7) is 7.24. The van der Waals surface area contributed by atoms with Crippen molar-refractivity contribution in [2.75, 3.05) is 6.54 Å². The number of hydrogen-bond acceptors (Lipinski definition) is 3. The van der Waals surface area contributed by atoms with Crippen LogP contribution in [-0.4, -0.2) is 21.4 Å². The van der Waals surface area contributed by atoms with Crippen molar-refractivity contribution < 1.29 is 5.11 Å². The summed E-state index contributed by atoms with van der Waals surface area (Å²) in [5.74, 6) is 0.316. The van der Waals surface area contributed by atoms with Gasteiger partial charge in [0.15, 0.2) is 0 Å². The predicted octanol–water partition coefficient (Wildman–Crippen LogP) is 2.64. The van der Waals surface area contributed by atoms with Gasteiger partial charge in [-0.3, -0.25) is 4.68 Å². The van der Waals surface area contributed by atoms with E-state index < -0.39 is 0 Å². The lowest BCUT2D eigenvalue weighted by molar-refractivity contribution is 0.475. The topological polar surface area (TPSA) is 50.1 Å². The normalized spacial score (nSPS) is 12.6. The molecule has 0 bridgehead atoms. The third-order valence-corrected chi connectivity index (χ3v) is 3.80. The quantitative estimate of drug-likeness (QED) is 0.880. The molecule has 0 amide bonds. The van der Waals surface area contributed by atoms with Crippen LogP contribution in [0.5, 0.6) is 5.75 Å². The van der Waals surface area contributed by atoms with E-state index in [1.807, 2.05) is 23.9 Å². The lowest BCUT2D eigenvalue weighted by Gasteiger charge is -2.14. The van der Waals surface area contributed by atoms with Gasteiger partial charge in [0, 0.05) is 24.3 Å². The number of nitrogens with one attached hydrogen (secondary N) is 1. The summed E-state index contributed by atoms with van der Waals surface area (Å²) in [6, 6.07) is 7.67. The minimum absolute atomic E-state index is 0.292. The number of phenolic OH excluding ortho intramolecular Hbond substituents is 1. The number of phenols is 1. The highest BCUT2D eigenvalue weighted by molar-refractivity contribution is 5.28. The number of aromatic nitrogens is 2. The molecule has 2 N–H and O–H groups in total. The second-order valence-electron chi connectivity index (χ2n) is 5.30. The maximum atomic E-state index is 9.26. The molecule has 0 aliphatic carbocycles. The smallest absolute Gasteiger partial charge is 0.115 e. The average Bonchev–Trinajstić information content (AvgIpc) is 2.65. The summed E-state index contributed by atoms with van der Waals surface area (Å²) in [5.41, 5.74) is 4.82. The molecule has 0 radical (unpaired) electrons. The van der Waals surface area contributed by atoms with Gasteiger partial charge in [-0.2, -0.15) is 5.10 Å². The summed E-state index contributed by atoms with van der Waals surface area (Å²) in [4.78, 5) is 0. The first-order valence-corrected chi connectivity index (χ1v) is 7.00. The van der Waals surface area contributed by atoms with Crippen LogP contribution in [0.15, 0.2) is 24.3 Å². The summed E-state index contributed by atoms with van der Waals surface area (Å²) < 4.78 is 1.93. The molecule has 1 atom stereocenters. The molecule has 0 spiro atoms. The Morgan fingerprint density at radius 3 is 2.45 bits per heavy atom. The second kappa shape index (κ2) is 6.09. The molecule has 4 heteroatoms. The van der Waals surface area contributed by atoms with Gasteiger partial charge >= 0.3 is 0 Å². The zero-order valence-corrected chi connectivity index (χ0v) is 12.6. The summed E-state index contributed by atoms with van der Waals surface area (Å²) >= 11 is 0. The van der Waals surface area contributed by atoms with Crippen LogP contribution in [0.3, 0.4) is 0 Å². The van der Waals surface area contributed by atoms with Crippen LogP contribution in [0, 0.1) is 13.8 Å². The van der Waals surface area contributed by atoms with Crippen molar-refractivity contribution in [1.29, 1.82) is 0 Å². The van der Waals surface area contributed by atoms with Crippen LogP contribution < -0.4 is 5.32 Å². The fourth-order valence-electron chi connectivity index (χ4n) is 2.61. The predicted molar refractivity (Wildman–Crippen MR) is 80.9 cm³/mol. The summed E-state index contributed by atoms with van der Waals surface area (Å²) in [6.07, 6.45) is 0.947. The largest absolute Gasteiger partial charge is 0.508 e. The highest BCUT2D eigenvalue weighted by Crippen LogP contribution is 2.20. The molecule has 0 aliphatic rings. The highest BCUT2D eigenvalue weighted by atomic mass is 16.3. The Balaban J connectivity index is 1.92. The van der Waals surface area contributed by atoms with Crippen LogP contribution in [0.2, 0.25) is 0 Å². The molecule has 1 unspecified atom stereocenters. The molecule has 20 heavy (non-hydrogen) atoms. The van der Waals surface area contributed by atoms with Crippen molar-refractivity contribution in [3.05, 3.63) is 46.8 Å². The molecule has 1 aromatic carbocycles. The van der Waals surface area contributed by atoms with Crippen molar-refractivity contribution in [2.45, 2.75) is 33.2 Å². The molecule has 0 saturated carbocycles. The molecule has 0 aliphatic heterocycles. The number of hydrogen-bond donors (Lipinski definition) is 2. The standard InChI is InChI=1S/C16H23N3O/c1-11(16-12(2)18-19(4)13(16)3)17-10-9-14-5-7-15(20)8-6-14/h5-8,11,17,20H,9-10H2,1-4H3. The Bertz CT molecular complexity index is 572. The fraction of sp³-hybridized carbons (Fsp3) is 0.438. The van der Waals surface area contributed by atoms with E-state index in [4.69, 9.17) is 0 Å². The van der Waals surface area contributed by atoms with Crippen LogP contribution in [0.4, 0.5) is 0 Å². The Morgan fingerprint density at radius 2 is 1.90 bits per heavy atom. The number of benzene rings is 1. The second-order valence-corrected chi connectivity index (χ2v) is 5.30. The molecule has 2 aromatic rings. The molecule has 2 rings (SSSR count). The molecule has 0 fully saturated rings. The summed E-state index contributed by atoms with van der Waals surface area (Å²) in [5, 5.41) is 17.3. The van der Waals surface area contributed by atoms with Crippen LogP contribution >= 0.6 is 0 Å². The zero-order chi connectivity index (χ0) is 14.7. The molecular formula is C16H23N3O. The minimum atomic E-state index is 0.292. The van der Waals surface area contributed by atoms with Gasteiger partial charge in [-0.05, 0) is 51.4 Å². The Kier molecular flexibility index (Phi) is 4.45. The number of aryl methyl sites for hydroxylation is 2. The highest BCUT2D eigenvalue weighted by Gasteiger charge is 2.15. The van der Waals surface area contributed by atoms with Gasteiger partial charge in [0.1, 0.15) is 5.75 Å². The van der Waals surface area contributed by atoms with Gasteiger partial charge in [-0.15, -0.1) is 0 Å². The Hall–Kier alpha value is -1.81. The van der Waals surface area contributed by atoms with Crippen LogP contribution in [0.1, 0.15) is 35.5 Å². The minimum Gasteiger partial charge on any atom is -0.508 e. The van der Waals surface area contributed by atoms with Gasteiger partial charge < -0.3 is 10.4 Å². The molecule has 4 nitrogen and oxygen atoms in total. The van der Waals surface area contributed by atoms with Gasteiger partial charge in [-0.1, -0.05) is 12.1 Å². The number of nitrogens with zero attached hydrogens (tertiary/aromatic N) is 2. The maximum Gasteiger partial charge on any atom is 0.115 e. The van der Waals surface area contributed by atoms with Crippen molar-refractivity contribution in [2.24, 2.45) is 7.05 Å². The van der Waals surface area contributed by atoms with E-state index >= 15 is 0 Å². The number of aromatic hydroxyl groups is 1.